The number of fused-ring (bicyclic) bond motifs is 24. The standard InChI is InChI=1S/C23H14INO.C18H12INO.3C17H10INO.C11H6BrNO.C11H6ClNO.C11H6INO/c24-20-11-12-25-21-19-14-17(15-7-3-1-4-8-15)13-18(22(19)26-23(20)21)16-9-5-2-6-10-16;1-11-4-2-5-12(10-11)13-6-3-7-14-16-18(21-17(13)14)15(19)8-9-20-16;18-13-10-14(11-6-2-1-3-7-11)19-16-12-8-4-5-9-15(12)20-17(13)16;18-14-9-10-19-15-13-8-4-7-12(16(13)20-17(14)15)11-5-2-1-3-6-11;18-14-8-9-19-16-13-10-12(11-4-2-1-3-5-11)6-7-15(13)20-17(14)16;3*12-8-5-6-13-10-7-3-1-2-4-9(7)14-11(8)10/h1-14H;2-10H,1H3;3*1-10H;3*1-6H. The number of nitrogens with zero attached hydrogens (tertiary/aromatic N) is 8. The van der Waals surface area contributed by atoms with Gasteiger partial charge in [0.2, 0.25) is 0 Å². The molecule has 16 heterocycles. The summed E-state index contributed by atoms with van der Waals surface area (Å²) >= 11 is 23.2. The van der Waals surface area contributed by atoms with E-state index < -0.39 is 0 Å². The van der Waals surface area contributed by atoms with E-state index in [9.17, 15) is 0 Å². The average molecular weight is 2690 g/mol. The Morgan fingerprint density at radius 3 is 0.993 bits per heavy atom. The summed E-state index contributed by atoms with van der Waals surface area (Å²) in [6.07, 6.45) is 12.6. The minimum Gasteiger partial charge on any atom is -0.453 e. The van der Waals surface area contributed by atoms with Gasteiger partial charge in [-0.1, -0.05) is 272 Å². The molecule has 0 aliphatic rings. The molecule has 718 valence electrons. The molecule has 0 spiro atoms. The normalized spacial score (nSPS) is 11.3. The van der Waals surface area contributed by atoms with Crippen LogP contribution in [0.5, 0.6) is 0 Å². The van der Waals surface area contributed by atoms with Gasteiger partial charge < -0.3 is 35.3 Å². The van der Waals surface area contributed by atoms with Gasteiger partial charge in [-0.25, -0.2) is 4.98 Å². The Morgan fingerprint density at radius 1 is 0.201 bits per heavy atom. The van der Waals surface area contributed by atoms with Crippen LogP contribution in [0.25, 0.3) is 243 Å². The van der Waals surface area contributed by atoms with Crippen LogP contribution in [0.4, 0.5) is 0 Å². The van der Waals surface area contributed by atoms with E-state index in [0.29, 0.717) is 10.6 Å². The summed E-state index contributed by atoms with van der Waals surface area (Å²) in [6.45, 7) is 2.10. The van der Waals surface area contributed by atoms with Gasteiger partial charge in [-0.3, -0.25) is 34.9 Å². The zero-order valence-electron chi connectivity index (χ0n) is 78.4. The first kappa shape index (κ1) is 98.2. The maximum Gasteiger partial charge on any atom is 0.172 e. The molecule has 30 rings (SSSR count). The molecule has 0 radical (unpaired) electrons. The van der Waals surface area contributed by atoms with Gasteiger partial charge in [0.1, 0.15) is 88.8 Å². The minimum absolute atomic E-state index is 0.603. The van der Waals surface area contributed by atoms with E-state index in [-0.39, 0.29) is 0 Å². The second-order valence-electron chi connectivity index (χ2n) is 34.4. The molecule has 0 fully saturated rings. The molecule has 14 aromatic carbocycles. The lowest BCUT2D eigenvalue weighted by Gasteiger charge is -2.07. The summed E-state index contributed by atoms with van der Waals surface area (Å²) in [5, 5.41) is 9.08. The first-order chi connectivity index (χ1) is 73.1. The highest BCUT2D eigenvalue weighted by Crippen LogP contribution is 2.45. The van der Waals surface area contributed by atoms with Crippen molar-refractivity contribution >= 4 is 340 Å². The highest BCUT2D eigenvalue weighted by molar-refractivity contribution is 14.1. The zero-order chi connectivity index (χ0) is 101. The molecule has 0 aliphatic carbocycles. The molecule has 16 nitrogen and oxygen atoms in total. The highest BCUT2D eigenvalue weighted by atomic mass is 127. The average Bonchev–Trinajstić information content (AvgIpc) is 1.60. The molecular formula is C125H74BrClI6N8O8. The lowest BCUT2D eigenvalue weighted by Crippen LogP contribution is -1.86. The highest BCUT2D eigenvalue weighted by Gasteiger charge is 2.23. The summed E-state index contributed by atoms with van der Waals surface area (Å²) in [4.78, 5) is 35.7. The molecule has 0 N–H and O–H groups in total. The molecular weight excluding hydrogens is 2620 g/mol. The summed E-state index contributed by atoms with van der Waals surface area (Å²) in [5.41, 5.74) is 36.0. The van der Waals surface area contributed by atoms with Gasteiger partial charge in [-0.05, 0) is 331 Å². The first-order valence-corrected chi connectivity index (χ1v) is 54.7. The summed E-state index contributed by atoms with van der Waals surface area (Å²) in [7, 11) is 0. The van der Waals surface area contributed by atoms with E-state index in [2.05, 4.69) is 375 Å². The van der Waals surface area contributed by atoms with Gasteiger partial charge in [-0.15, -0.1) is 0 Å². The number of aryl methyl sites for hydroxylation is 1. The van der Waals surface area contributed by atoms with Crippen molar-refractivity contribution in [1.82, 2.24) is 39.9 Å². The van der Waals surface area contributed by atoms with Gasteiger partial charge in [0.25, 0.3) is 0 Å². The lowest BCUT2D eigenvalue weighted by atomic mass is 9.96. The van der Waals surface area contributed by atoms with Gasteiger partial charge in [0.15, 0.2) is 44.7 Å². The smallest absolute Gasteiger partial charge is 0.172 e. The topological polar surface area (TPSA) is 208 Å². The van der Waals surface area contributed by atoms with Crippen molar-refractivity contribution in [3.8, 4) is 66.9 Å². The summed E-state index contributed by atoms with van der Waals surface area (Å²) in [6, 6.07) is 130. The lowest BCUT2D eigenvalue weighted by molar-refractivity contribution is 0.665. The third kappa shape index (κ3) is 20.3. The van der Waals surface area contributed by atoms with Crippen molar-refractivity contribution in [3.05, 3.63) is 468 Å². The molecule has 0 saturated heterocycles. The molecule has 0 saturated carbocycles. The second-order valence-corrected chi connectivity index (χ2v) is 42.7. The van der Waals surface area contributed by atoms with Crippen LogP contribution in [0.2, 0.25) is 5.02 Å². The largest absolute Gasteiger partial charge is 0.453 e. The number of pyridine rings is 8. The monoisotopic (exact) mass is 2690 g/mol. The molecule has 0 unspecified atom stereocenters. The number of furan rings is 8. The quantitative estimate of drug-likeness (QED) is 0.142. The van der Waals surface area contributed by atoms with Crippen LogP contribution in [0.1, 0.15) is 5.56 Å². The van der Waals surface area contributed by atoms with Crippen molar-refractivity contribution in [3.63, 3.8) is 0 Å². The number of aromatic nitrogens is 8. The Balaban J connectivity index is 0.0000000942. The molecule has 149 heavy (non-hydrogen) atoms. The number of rotatable bonds is 6. The predicted molar refractivity (Wildman–Crippen MR) is 658 cm³/mol. The SMILES string of the molecule is Brc1ccnc2c1oc1ccccc12.Cc1cccc(-c2cccc3c2oc2c(I)ccnc23)c1.Clc1ccnc2c1oc1ccccc12.Ic1cc(-c2ccccc2)nc2c1oc1ccccc12.Ic1ccnc2c1oc1c(-c3ccccc3)cc(-c3ccccc3)cc12.Ic1ccnc2c1oc1c(-c3ccccc3)cccc12.Ic1ccnc2c1oc1ccc(-c3ccccc3)cc12.Ic1ccnc2c1oc1ccccc12. The molecule has 0 aliphatic heterocycles. The van der Waals surface area contributed by atoms with Crippen LogP contribution < -0.4 is 0 Å². The van der Waals surface area contributed by atoms with Crippen molar-refractivity contribution in [1.29, 1.82) is 0 Å². The van der Waals surface area contributed by atoms with Crippen LogP contribution in [0, 0.1) is 28.3 Å². The fraction of sp³-hybridized carbons (Fsp3) is 0.00800. The van der Waals surface area contributed by atoms with Gasteiger partial charge in [-0.2, -0.15) is 0 Å². The van der Waals surface area contributed by atoms with Crippen LogP contribution in [-0.4, -0.2) is 39.9 Å². The Bertz CT molecular complexity index is 9960. The number of halogens is 8. The van der Waals surface area contributed by atoms with Gasteiger partial charge in [0, 0.05) is 109 Å². The zero-order valence-corrected chi connectivity index (χ0v) is 93.6. The summed E-state index contributed by atoms with van der Waals surface area (Å²) in [5.74, 6) is 0. The van der Waals surface area contributed by atoms with Crippen molar-refractivity contribution in [2.45, 2.75) is 6.92 Å². The molecule has 0 amide bonds. The van der Waals surface area contributed by atoms with E-state index in [1.165, 1.54) is 33.4 Å². The van der Waals surface area contributed by atoms with E-state index >= 15 is 0 Å². The van der Waals surface area contributed by atoms with Crippen molar-refractivity contribution in [2.75, 3.05) is 0 Å². The second kappa shape index (κ2) is 43.9. The van der Waals surface area contributed by atoms with Crippen LogP contribution in [0.3, 0.4) is 0 Å². The third-order valence-electron chi connectivity index (χ3n) is 25.1. The van der Waals surface area contributed by atoms with Crippen molar-refractivity contribution < 1.29 is 35.3 Å². The number of benzene rings is 14. The predicted octanol–water partition coefficient (Wildman–Crippen LogP) is 39.2. The summed E-state index contributed by atoms with van der Waals surface area (Å²) < 4.78 is 54.8. The fourth-order valence-corrected chi connectivity index (χ4v) is 22.0. The van der Waals surface area contributed by atoms with Crippen LogP contribution in [-0.2, 0) is 0 Å². The number of hydrogen-bond acceptors (Lipinski definition) is 16. The Kier molecular flexibility index (Phi) is 29.0. The maximum absolute atomic E-state index is 6.29. The molecule has 16 aromatic heterocycles. The number of hydrogen-bond donors (Lipinski definition) is 0. The van der Waals surface area contributed by atoms with E-state index in [0.717, 1.165) is 236 Å². The van der Waals surface area contributed by atoms with Gasteiger partial charge in [0.05, 0.1) is 36.6 Å². The van der Waals surface area contributed by atoms with E-state index in [1.54, 1.807) is 18.5 Å². The minimum atomic E-state index is 0.603. The maximum atomic E-state index is 6.29. The number of para-hydroxylation sites is 6. The molecule has 0 atom stereocenters. The fourth-order valence-electron chi connectivity index (χ4n) is 18.1. The van der Waals surface area contributed by atoms with Crippen molar-refractivity contribution in [2.24, 2.45) is 0 Å². The van der Waals surface area contributed by atoms with Crippen LogP contribution >= 0.6 is 163 Å². The van der Waals surface area contributed by atoms with E-state index in [4.69, 9.17) is 51.9 Å². The molecule has 24 heteroatoms. The third-order valence-corrected chi connectivity index (χ3v) is 31.0. The molecule has 0 bridgehead atoms. The first-order valence-electron chi connectivity index (χ1n) is 47.1. The van der Waals surface area contributed by atoms with Crippen LogP contribution in [0.15, 0.2) is 471 Å². The van der Waals surface area contributed by atoms with E-state index in [1.807, 2.05) is 231 Å². The molecule has 30 aromatic rings. The Morgan fingerprint density at radius 2 is 0.517 bits per heavy atom. The Labute approximate surface area is 945 Å². The van der Waals surface area contributed by atoms with Gasteiger partial charge >= 0.3 is 0 Å². The Hall–Kier alpha value is -14.2.